The number of allylic oxidation sites excluding steroid dienone is 4. The predicted octanol–water partition coefficient (Wildman–Crippen LogP) is 7.61. The molecular formula is C32H41FN4. The lowest BCUT2D eigenvalue weighted by molar-refractivity contribution is 0.290. The first kappa shape index (κ1) is 29.5. The van der Waals surface area contributed by atoms with E-state index in [2.05, 4.69) is 41.8 Å². The van der Waals surface area contributed by atoms with E-state index in [1.165, 1.54) is 24.8 Å². The summed E-state index contributed by atoms with van der Waals surface area (Å²) in [6, 6.07) is 8.98. The van der Waals surface area contributed by atoms with Gasteiger partial charge in [0.15, 0.2) is 0 Å². The largest absolute Gasteiger partial charge is 0.397 e. The normalized spacial score (nSPS) is 15.0. The van der Waals surface area contributed by atoms with Crippen LogP contribution in [0.2, 0.25) is 0 Å². The van der Waals surface area contributed by atoms with Crippen LogP contribution in [0.3, 0.4) is 0 Å². The molecule has 1 saturated carbocycles. The van der Waals surface area contributed by atoms with Crippen molar-refractivity contribution in [1.29, 1.82) is 0 Å². The Morgan fingerprint density at radius 2 is 1.78 bits per heavy atom. The summed E-state index contributed by atoms with van der Waals surface area (Å²) in [5.74, 6) is -0.249. The fourth-order valence-electron chi connectivity index (χ4n) is 4.31. The van der Waals surface area contributed by atoms with Crippen LogP contribution < -0.4 is 11.1 Å². The maximum atomic E-state index is 14.8. The monoisotopic (exact) mass is 500 g/mol. The highest BCUT2D eigenvalue weighted by Gasteiger charge is 2.24. The molecule has 0 spiro atoms. The van der Waals surface area contributed by atoms with E-state index in [1.54, 1.807) is 25.1 Å². The van der Waals surface area contributed by atoms with Gasteiger partial charge in [0.1, 0.15) is 11.5 Å². The first-order valence-corrected chi connectivity index (χ1v) is 13.1. The van der Waals surface area contributed by atoms with Crippen LogP contribution in [0.15, 0.2) is 72.1 Å². The first-order chi connectivity index (χ1) is 18.0. The van der Waals surface area contributed by atoms with Crippen LogP contribution in [-0.4, -0.2) is 23.0 Å². The highest BCUT2D eigenvalue weighted by atomic mass is 19.1. The first-order valence-electron chi connectivity index (χ1n) is 13.1. The van der Waals surface area contributed by atoms with Gasteiger partial charge in [-0.2, -0.15) is 0 Å². The molecule has 2 fully saturated rings. The molecule has 1 saturated heterocycles. The molecule has 0 amide bonds. The Balaban J connectivity index is 0.00000115. The summed E-state index contributed by atoms with van der Waals surface area (Å²) < 4.78 is 14.8. The summed E-state index contributed by atoms with van der Waals surface area (Å²) in [7, 11) is 0. The average Bonchev–Trinajstić information content (AvgIpc) is 3.79. The van der Waals surface area contributed by atoms with E-state index in [1.807, 2.05) is 39.0 Å². The molecule has 0 atom stereocenters. The number of likely N-dealkylation sites (tertiary alicyclic amines) is 1. The molecule has 1 aromatic heterocycles. The molecule has 1 aliphatic heterocycles. The zero-order chi connectivity index (χ0) is 27.4. The molecule has 0 radical (unpaired) electrons. The zero-order valence-electron chi connectivity index (χ0n) is 22.8. The second-order valence-electron chi connectivity index (χ2n) is 8.73. The maximum absolute atomic E-state index is 14.8. The molecule has 2 heterocycles. The Hall–Kier alpha value is -3.78. The van der Waals surface area contributed by atoms with E-state index in [9.17, 15) is 4.39 Å². The maximum Gasteiger partial charge on any atom is 0.135 e. The van der Waals surface area contributed by atoms with Gasteiger partial charge in [-0.1, -0.05) is 38.6 Å². The van der Waals surface area contributed by atoms with Gasteiger partial charge >= 0.3 is 0 Å². The number of nitrogens with zero attached hydrogens (tertiary/aromatic N) is 2. The summed E-state index contributed by atoms with van der Waals surface area (Å²) in [5, 5.41) is 3.62. The Morgan fingerprint density at radius 1 is 1.11 bits per heavy atom. The molecule has 0 bridgehead atoms. The number of pyridine rings is 1. The Labute approximate surface area is 222 Å². The molecular weight excluding hydrogens is 459 g/mol. The van der Waals surface area contributed by atoms with Gasteiger partial charge in [0.2, 0.25) is 0 Å². The fourth-order valence-corrected chi connectivity index (χ4v) is 4.31. The number of aryl methyl sites for hydroxylation is 1. The number of nitrogens with two attached hydrogens (primary N) is 1. The van der Waals surface area contributed by atoms with E-state index in [4.69, 9.17) is 10.7 Å². The van der Waals surface area contributed by atoms with Crippen molar-refractivity contribution in [2.24, 2.45) is 0 Å². The van der Waals surface area contributed by atoms with Gasteiger partial charge in [-0.15, -0.1) is 12.8 Å². The fraction of sp³-hybridized carbons (Fsp3) is 0.344. The third-order valence-corrected chi connectivity index (χ3v) is 6.25. The lowest BCUT2D eigenvalue weighted by Crippen LogP contribution is -2.31. The van der Waals surface area contributed by atoms with E-state index in [0.29, 0.717) is 28.2 Å². The molecule has 4 nitrogen and oxygen atoms in total. The molecule has 1 aromatic carbocycles. The summed E-state index contributed by atoms with van der Waals surface area (Å²) in [6.45, 7) is 14.0. The number of hydrogen-bond donors (Lipinski definition) is 2. The smallest absolute Gasteiger partial charge is 0.135 e. The third kappa shape index (κ3) is 7.36. The quantitative estimate of drug-likeness (QED) is 0.303. The topological polar surface area (TPSA) is 54.2 Å². The SMILES string of the molecule is C#C.C=C/C(NC(=C1CC1)c1nc(-c2cccc(C)c2F)ccc1N)=C(\C=C/C)N1CCCCC1.CC. The number of halogens is 1. The lowest BCUT2D eigenvalue weighted by Gasteiger charge is -2.31. The zero-order valence-corrected chi connectivity index (χ0v) is 22.8. The number of anilines is 1. The molecule has 0 unspecified atom stereocenters. The number of piperidine rings is 1. The van der Waals surface area contributed by atoms with Crippen molar-refractivity contribution >= 4 is 11.4 Å². The molecule has 37 heavy (non-hydrogen) atoms. The van der Waals surface area contributed by atoms with Gasteiger partial charge in [-0.3, -0.25) is 0 Å². The molecule has 1 aliphatic carbocycles. The molecule has 2 aromatic rings. The van der Waals surface area contributed by atoms with Crippen molar-refractivity contribution in [3.05, 3.63) is 89.2 Å². The van der Waals surface area contributed by atoms with Crippen LogP contribution in [0.4, 0.5) is 10.1 Å². The number of nitrogens with one attached hydrogen (secondary N) is 1. The van der Waals surface area contributed by atoms with Crippen molar-refractivity contribution in [3.63, 3.8) is 0 Å². The molecule has 196 valence electrons. The van der Waals surface area contributed by atoms with Gasteiger partial charge in [0.25, 0.3) is 0 Å². The van der Waals surface area contributed by atoms with Crippen molar-refractivity contribution in [3.8, 4) is 24.1 Å². The molecule has 5 heteroatoms. The van der Waals surface area contributed by atoms with Gasteiger partial charge in [0, 0.05) is 18.7 Å². The minimum atomic E-state index is -0.249. The van der Waals surface area contributed by atoms with E-state index in [-0.39, 0.29) is 5.82 Å². The number of terminal acetylenes is 1. The molecule has 2 aliphatic rings. The standard InChI is InChI=1S/C28H33FN4.C2H6.C2H2/c1-4-10-25(33-17-7-6-8-18-33)23(5-2)31-27(20-13-14-20)28-22(30)15-16-24(32-28)21-12-9-11-19(3)26(21)29;2*1-2/h4-5,9-12,15-16,31H,2,6-8,13-14,17-18,30H2,1,3H3;1-2H3;1-2H/b10-4-,25-23-;;. The lowest BCUT2D eigenvalue weighted by atomic mass is 10.1. The predicted molar refractivity (Wildman–Crippen MR) is 157 cm³/mol. The minimum absolute atomic E-state index is 0.249. The summed E-state index contributed by atoms with van der Waals surface area (Å²) in [5.41, 5.74) is 13.6. The van der Waals surface area contributed by atoms with Crippen LogP contribution in [0.25, 0.3) is 17.0 Å². The van der Waals surface area contributed by atoms with Crippen LogP contribution in [0.5, 0.6) is 0 Å². The summed E-state index contributed by atoms with van der Waals surface area (Å²) in [6.07, 6.45) is 19.7. The molecule has 4 rings (SSSR count). The second-order valence-corrected chi connectivity index (χ2v) is 8.73. The van der Waals surface area contributed by atoms with Crippen molar-refractivity contribution in [2.45, 2.75) is 59.8 Å². The minimum Gasteiger partial charge on any atom is -0.397 e. The Kier molecular flexibility index (Phi) is 11.7. The highest BCUT2D eigenvalue weighted by Crippen LogP contribution is 2.38. The van der Waals surface area contributed by atoms with E-state index < -0.39 is 0 Å². The van der Waals surface area contributed by atoms with Gasteiger partial charge in [0.05, 0.1) is 28.5 Å². The number of hydrogen-bond acceptors (Lipinski definition) is 4. The van der Waals surface area contributed by atoms with Gasteiger partial charge < -0.3 is 16.0 Å². The third-order valence-electron chi connectivity index (χ3n) is 6.25. The van der Waals surface area contributed by atoms with Crippen LogP contribution in [0, 0.1) is 25.6 Å². The Bertz CT molecular complexity index is 1170. The summed E-state index contributed by atoms with van der Waals surface area (Å²) >= 11 is 0. The number of rotatable bonds is 7. The van der Waals surface area contributed by atoms with E-state index >= 15 is 0 Å². The Morgan fingerprint density at radius 3 is 2.38 bits per heavy atom. The van der Waals surface area contributed by atoms with Crippen molar-refractivity contribution in [2.75, 3.05) is 18.8 Å². The average molecular weight is 501 g/mol. The van der Waals surface area contributed by atoms with Gasteiger partial charge in [-0.25, -0.2) is 9.37 Å². The number of benzene rings is 1. The van der Waals surface area contributed by atoms with Crippen molar-refractivity contribution in [1.82, 2.24) is 15.2 Å². The number of aromatic nitrogens is 1. The highest BCUT2D eigenvalue weighted by molar-refractivity contribution is 5.79. The van der Waals surface area contributed by atoms with E-state index in [0.717, 1.165) is 43.0 Å². The van der Waals surface area contributed by atoms with Crippen molar-refractivity contribution < 1.29 is 4.39 Å². The number of nitrogen functional groups attached to an aromatic ring is 1. The van der Waals surface area contributed by atoms with Gasteiger partial charge in [-0.05, 0) is 87.4 Å². The second kappa shape index (κ2) is 14.7. The van der Waals surface area contributed by atoms with Crippen LogP contribution in [-0.2, 0) is 0 Å². The summed E-state index contributed by atoms with van der Waals surface area (Å²) in [4.78, 5) is 7.25. The van der Waals surface area contributed by atoms with Crippen LogP contribution in [0.1, 0.15) is 64.1 Å². The van der Waals surface area contributed by atoms with Crippen LogP contribution >= 0.6 is 0 Å². The molecule has 3 N–H and O–H groups in total.